The topological polar surface area (TPSA) is 0 Å². The monoisotopic (exact) mass is 257 g/mol. The molecule has 1 aromatic rings. The first kappa shape index (κ1) is 15.8. The third kappa shape index (κ3) is 5.13. The van der Waals surface area contributed by atoms with E-state index in [1.165, 1.54) is 0 Å². The summed E-state index contributed by atoms with van der Waals surface area (Å²) in [6.45, 7) is 5.27. The van der Waals surface area contributed by atoms with Gasteiger partial charge in [0.15, 0.2) is 0 Å². The SMILES string of the molecule is [CH2-]C#Cc1ccc(C#CC)cc1.[CH3-].[Y]. The molecular formula is C13H12Y-2. The van der Waals surface area contributed by atoms with Gasteiger partial charge in [0.2, 0.25) is 0 Å². The van der Waals surface area contributed by atoms with Crippen molar-refractivity contribution in [3.05, 3.63) is 49.7 Å². The maximum absolute atomic E-state index is 3.45. The smallest absolute Gasteiger partial charge is 0.0244 e. The summed E-state index contributed by atoms with van der Waals surface area (Å²) >= 11 is 0. The molecular weight excluding hydrogens is 245 g/mol. The van der Waals surface area contributed by atoms with Gasteiger partial charge in [0.05, 0.1) is 0 Å². The van der Waals surface area contributed by atoms with Crippen molar-refractivity contribution in [2.45, 2.75) is 6.92 Å². The van der Waals surface area contributed by atoms with Crippen LogP contribution in [-0.4, -0.2) is 0 Å². The zero-order valence-electron chi connectivity index (χ0n) is 8.59. The van der Waals surface area contributed by atoms with Gasteiger partial charge in [-0.05, 0) is 19.1 Å². The van der Waals surface area contributed by atoms with Crippen LogP contribution in [0.3, 0.4) is 0 Å². The van der Waals surface area contributed by atoms with Crippen LogP contribution in [0.2, 0.25) is 0 Å². The first-order valence-corrected chi connectivity index (χ1v) is 3.67. The summed E-state index contributed by atoms with van der Waals surface area (Å²) in [5.74, 6) is 11.3. The molecule has 1 rings (SSSR count). The van der Waals surface area contributed by atoms with E-state index in [1.807, 2.05) is 31.2 Å². The summed E-state index contributed by atoms with van der Waals surface area (Å²) in [6, 6.07) is 7.79. The molecule has 0 fully saturated rings. The fourth-order valence-corrected chi connectivity index (χ4v) is 0.883. The van der Waals surface area contributed by atoms with Gasteiger partial charge in [0.25, 0.3) is 0 Å². The fraction of sp³-hybridized carbons (Fsp3) is 0.0769. The average Bonchev–Trinajstić information content (AvgIpc) is 2.09. The third-order valence-corrected chi connectivity index (χ3v) is 1.39. The van der Waals surface area contributed by atoms with E-state index >= 15 is 0 Å². The first-order valence-electron chi connectivity index (χ1n) is 3.67. The van der Waals surface area contributed by atoms with Crippen molar-refractivity contribution in [2.75, 3.05) is 0 Å². The summed E-state index contributed by atoms with van der Waals surface area (Å²) in [5.41, 5.74) is 2.00. The first-order chi connectivity index (χ1) is 5.86. The quantitative estimate of drug-likeness (QED) is 0.495. The van der Waals surface area contributed by atoms with Crippen LogP contribution in [0.5, 0.6) is 0 Å². The van der Waals surface area contributed by atoms with Crippen molar-refractivity contribution in [3.63, 3.8) is 0 Å². The Morgan fingerprint density at radius 1 is 1.00 bits per heavy atom. The van der Waals surface area contributed by atoms with E-state index in [0.29, 0.717) is 0 Å². The molecule has 0 aliphatic heterocycles. The van der Waals surface area contributed by atoms with Crippen LogP contribution in [0.4, 0.5) is 0 Å². The van der Waals surface area contributed by atoms with Crippen LogP contribution >= 0.6 is 0 Å². The number of rotatable bonds is 0. The third-order valence-electron chi connectivity index (χ3n) is 1.39. The van der Waals surface area contributed by atoms with Crippen LogP contribution in [0.25, 0.3) is 0 Å². The van der Waals surface area contributed by atoms with Crippen LogP contribution in [-0.2, 0) is 32.7 Å². The van der Waals surface area contributed by atoms with Gasteiger partial charge in [-0.3, -0.25) is 11.8 Å². The predicted octanol–water partition coefficient (Wildman–Crippen LogP) is 2.69. The molecule has 0 N–H and O–H groups in total. The standard InChI is InChI=1S/C12H9.CH3.Y/c1-3-5-11-7-9-12(6-4-2)10-8-11;;/h7-10H,1H2,2H3;1H3;/q2*-1;. The average molecular weight is 257 g/mol. The van der Waals surface area contributed by atoms with Crippen LogP contribution in [0.1, 0.15) is 18.1 Å². The molecule has 0 atom stereocenters. The van der Waals surface area contributed by atoms with E-state index in [1.54, 1.807) is 0 Å². The van der Waals surface area contributed by atoms with Crippen LogP contribution < -0.4 is 0 Å². The van der Waals surface area contributed by atoms with Gasteiger partial charge in [-0.1, -0.05) is 23.6 Å². The Morgan fingerprint density at radius 2 is 1.43 bits per heavy atom. The predicted molar refractivity (Wildman–Crippen MR) is 57.6 cm³/mol. The van der Waals surface area contributed by atoms with E-state index in [-0.39, 0.29) is 40.1 Å². The molecule has 0 heterocycles. The molecule has 0 unspecified atom stereocenters. The molecule has 14 heavy (non-hydrogen) atoms. The Morgan fingerprint density at radius 3 is 1.79 bits per heavy atom. The van der Waals surface area contributed by atoms with Gasteiger partial charge in [-0.2, -0.15) is 6.92 Å². The van der Waals surface area contributed by atoms with E-state index in [9.17, 15) is 0 Å². The number of benzene rings is 1. The van der Waals surface area contributed by atoms with E-state index in [0.717, 1.165) is 11.1 Å². The maximum atomic E-state index is 3.45. The Kier molecular flexibility index (Phi) is 10.0. The van der Waals surface area contributed by atoms with Gasteiger partial charge < -0.3 is 7.43 Å². The fourth-order valence-electron chi connectivity index (χ4n) is 0.883. The minimum absolute atomic E-state index is 0. The molecule has 0 aliphatic rings. The van der Waals surface area contributed by atoms with E-state index in [4.69, 9.17) is 0 Å². The second kappa shape index (κ2) is 8.89. The van der Waals surface area contributed by atoms with Crippen molar-refractivity contribution in [1.29, 1.82) is 0 Å². The van der Waals surface area contributed by atoms with Crippen molar-refractivity contribution >= 4 is 0 Å². The van der Waals surface area contributed by atoms with Gasteiger partial charge in [0.1, 0.15) is 0 Å². The Balaban J connectivity index is 0. The molecule has 0 amide bonds. The second-order valence-electron chi connectivity index (χ2n) is 2.25. The van der Waals surface area contributed by atoms with Crippen molar-refractivity contribution in [2.24, 2.45) is 0 Å². The summed E-state index contributed by atoms with van der Waals surface area (Å²) in [7, 11) is 0. The number of hydrogen-bond acceptors (Lipinski definition) is 0. The normalized spacial score (nSPS) is 6.36. The number of hydrogen-bond donors (Lipinski definition) is 0. The molecule has 69 valence electrons. The maximum Gasteiger partial charge on any atom is 0.0244 e. The van der Waals surface area contributed by atoms with Crippen molar-refractivity contribution < 1.29 is 32.7 Å². The second-order valence-corrected chi connectivity index (χ2v) is 2.25. The van der Waals surface area contributed by atoms with Crippen molar-refractivity contribution in [3.8, 4) is 23.7 Å². The van der Waals surface area contributed by atoms with Crippen molar-refractivity contribution in [1.82, 2.24) is 0 Å². The van der Waals surface area contributed by atoms with Crippen LogP contribution in [0, 0.1) is 38.0 Å². The Labute approximate surface area is 112 Å². The minimum atomic E-state index is 0. The zero-order valence-corrected chi connectivity index (χ0v) is 11.4. The molecule has 1 radical (unpaired) electrons. The van der Waals surface area contributed by atoms with E-state index < -0.39 is 0 Å². The molecule has 1 aromatic carbocycles. The summed E-state index contributed by atoms with van der Waals surface area (Å²) in [5, 5.41) is 0. The van der Waals surface area contributed by atoms with Crippen LogP contribution in [0.15, 0.2) is 24.3 Å². The zero-order chi connectivity index (χ0) is 8.81. The molecule has 0 bridgehead atoms. The Hall–Kier alpha value is -0.686. The van der Waals surface area contributed by atoms with Gasteiger partial charge in [-0.15, -0.1) is 5.92 Å². The molecule has 1 heteroatoms. The largest absolute Gasteiger partial charge is 0.358 e. The molecule has 0 aromatic heterocycles. The van der Waals surface area contributed by atoms with Gasteiger partial charge in [0, 0.05) is 38.3 Å². The molecule has 0 aliphatic carbocycles. The minimum Gasteiger partial charge on any atom is -0.358 e. The molecule has 0 spiro atoms. The van der Waals surface area contributed by atoms with E-state index in [2.05, 4.69) is 30.6 Å². The summed E-state index contributed by atoms with van der Waals surface area (Å²) in [4.78, 5) is 0. The van der Waals surface area contributed by atoms with Gasteiger partial charge in [-0.25, -0.2) is 0 Å². The molecule has 0 saturated heterocycles. The summed E-state index contributed by atoms with van der Waals surface area (Å²) in [6.07, 6.45) is 0. The Bertz CT molecular complexity index is 327. The van der Waals surface area contributed by atoms with Gasteiger partial charge >= 0.3 is 0 Å². The molecule has 0 nitrogen and oxygen atoms in total. The summed E-state index contributed by atoms with van der Waals surface area (Å²) < 4.78 is 0. The molecule has 0 saturated carbocycles.